The molecule has 3 aliphatic rings. The van der Waals surface area contributed by atoms with E-state index in [9.17, 15) is 24.8 Å². The first-order valence-electron chi connectivity index (χ1n) is 12.0. The molecule has 2 unspecified atom stereocenters. The van der Waals surface area contributed by atoms with Crippen LogP contribution in [0.2, 0.25) is 0 Å². The van der Waals surface area contributed by atoms with Crippen molar-refractivity contribution < 1.29 is 19.5 Å². The fraction of sp³-hybridized carbons (Fsp3) is 0.520. The molecule has 10 nitrogen and oxygen atoms in total. The SMILES string of the molecule is CC(/C=C1/C(=O)N(CNC(=O)C2(CO)CC2)CC(C)N1N)c1ccc(C#N)cc1NC(=O)C1CC1. The van der Waals surface area contributed by atoms with Crippen LogP contribution in [0.1, 0.15) is 56.6 Å². The Morgan fingerprint density at radius 1 is 1.37 bits per heavy atom. The molecule has 10 heteroatoms. The van der Waals surface area contributed by atoms with Crippen LogP contribution in [0.4, 0.5) is 5.69 Å². The van der Waals surface area contributed by atoms with Crippen molar-refractivity contribution in [3.63, 3.8) is 0 Å². The second kappa shape index (κ2) is 9.68. The molecular weight excluding hydrogens is 448 g/mol. The fourth-order valence-corrected chi connectivity index (χ4v) is 4.29. The maximum atomic E-state index is 13.3. The van der Waals surface area contributed by atoms with Crippen LogP contribution in [0.25, 0.3) is 0 Å². The van der Waals surface area contributed by atoms with Gasteiger partial charge in [0.1, 0.15) is 5.70 Å². The number of hydrogen-bond acceptors (Lipinski definition) is 7. The molecule has 2 aliphatic carbocycles. The fourth-order valence-electron chi connectivity index (χ4n) is 4.29. The van der Waals surface area contributed by atoms with E-state index in [0.717, 1.165) is 18.4 Å². The lowest BCUT2D eigenvalue weighted by Gasteiger charge is -2.40. The third-order valence-electron chi connectivity index (χ3n) is 7.10. The molecule has 186 valence electrons. The van der Waals surface area contributed by atoms with Gasteiger partial charge in [-0.25, -0.2) is 5.84 Å². The summed E-state index contributed by atoms with van der Waals surface area (Å²) in [4.78, 5) is 39.6. The number of amides is 3. The summed E-state index contributed by atoms with van der Waals surface area (Å²) in [7, 11) is 0. The molecule has 1 saturated heterocycles. The van der Waals surface area contributed by atoms with Gasteiger partial charge < -0.3 is 25.6 Å². The summed E-state index contributed by atoms with van der Waals surface area (Å²) in [5.74, 6) is 5.33. The topological polar surface area (TPSA) is 152 Å². The average molecular weight is 481 g/mol. The number of allylic oxidation sites excluding steroid dienone is 1. The molecular formula is C25H32N6O4. The van der Waals surface area contributed by atoms with Crippen LogP contribution in [0.3, 0.4) is 0 Å². The van der Waals surface area contributed by atoms with Crippen molar-refractivity contribution in [2.45, 2.75) is 51.5 Å². The molecule has 35 heavy (non-hydrogen) atoms. The minimum atomic E-state index is -0.714. The highest BCUT2D eigenvalue weighted by molar-refractivity contribution is 5.96. The van der Waals surface area contributed by atoms with E-state index in [1.807, 2.05) is 13.8 Å². The molecule has 0 radical (unpaired) electrons. The van der Waals surface area contributed by atoms with E-state index in [4.69, 9.17) is 5.84 Å². The van der Waals surface area contributed by atoms with E-state index in [1.54, 1.807) is 24.3 Å². The number of carbonyl (C=O) groups excluding carboxylic acids is 3. The molecule has 0 spiro atoms. The number of aliphatic hydroxyl groups excluding tert-OH is 1. The number of nitriles is 1. The van der Waals surface area contributed by atoms with Crippen molar-refractivity contribution in [1.82, 2.24) is 15.2 Å². The second-order valence-electron chi connectivity index (χ2n) is 9.90. The maximum absolute atomic E-state index is 13.3. The van der Waals surface area contributed by atoms with Crippen molar-refractivity contribution in [1.29, 1.82) is 5.26 Å². The quantitative estimate of drug-likeness (QED) is 0.322. The third kappa shape index (κ3) is 5.16. The average Bonchev–Trinajstić information content (AvgIpc) is 3.76. The normalized spacial score (nSPS) is 23.0. The van der Waals surface area contributed by atoms with Crippen LogP contribution < -0.4 is 16.5 Å². The Morgan fingerprint density at radius 3 is 2.69 bits per heavy atom. The number of hydrogen-bond donors (Lipinski definition) is 4. The van der Waals surface area contributed by atoms with E-state index in [1.165, 1.54) is 9.91 Å². The molecule has 0 bridgehead atoms. The van der Waals surface area contributed by atoms with Crippen molar-refractivity contribution in [2.75, 3.05) is 25.1 Å². The Labute approximate surface area is 204 Å². The van der Waals surface area contributed by atoms with Crippen LogP contribution >= 0.6 is 0 Å². The lowest BCUT2D eigenvalue weighted by molar-refractivity contribution is -0.135. The summed E-state index contributed by atoms with van der Waals surface area (Å²) < 4.78 is 0. The largest absolute Gasteiger partial charge is 0.395 e. The summed E-state index contributed by atoms with van der Waals surface area (Å²) in [6, 6.07) is 7.01. The molecule has 5 N–H and O–H groups in total. The van der Waals surface area contributed by atoms with Crippen LogP contribution in [0.5, 0.6) is 0 Å². The zero-order chi connectivity index (χ0) is 25.3. The molecule has 1 aliphatic heterocycles. The first-order chi connectivity index (χ1) is 16.7. The maximum Gasteiger partial charge on any atom is 0.272 e. The van der Waals surface area contributed by atoms with E-state index in [-0.39, 0.29) is 54.6 Å². The van der Waals surface area contributed by atoms with Gasteiger partial charge in [-0.05, 0) is 56.4 Å². The summed E-state index contributed by atoms with van der Waals surface area (Å²) >= 11 is 0. The third-order valence-corrected chi connectivity index (χ3v) is 7.10. The molecule has 0 aromatic heterocycles. The zero-order valence-electron chi connectivity index (χ0n) is 20.1. The minimum absolute atomic E-state index is 0.00642. The smallest absolute Gasteiger partial charge is 0.272 e. The van der Waals surface area contributed by atoms with Crippen LogP contribution in [0, 0.1) is 22.7 Å². The number of rotatable bonds is 8. The number of hydrazine groups is 1. The van der Waals surface area contributed by atoms with E-state index in [0.29, 0.717) is 30.6 Å². The van der Waals surface area contributed by atoms with Crippen LogP contribution in [-0.2, 0) is 14.4 Å². The van der Waals surface area contributed by atoms with Gasteiger partial charge in [0.05, 0.1) is 36.4 Å². The Balaban J connectivity index is 1.53. The predicted octanol–water partition coefficient (Wildman–Crippen LogP) is 1.15. The van der Waals surface area contributed by atoms with Crippen molar-refractivity contribution in [3.05, 3.63) is 41.1 Å². The molecule has 1 heterocycles. The molecule has 1 aromatic rings. The standard InChI is InChI=1S/C25H32N6O4/c1-15(19-6-3-17(11-26)10-20(19)29-22(33)18-4-5-18)9-21-23(34)30(12-16(2)31(21)27)14-28-24(35)25(13-32)7-8-25/h3,6,9-10,15-16,18,32H,4-5,7-8,12-14,27H2,1-2H3,(H,28,35)(H,29,33)/b21-9-. The van der Waals surface area contributed by atoms with Crippen molar-refractivity contribution >= 4 is 23.4 Å². The highest BCUT2D eigenvalue weighted by atomic mass is 16.3. The zero-order valence-corrected chi connectivity index (χ0v) is 20.1. The highest BCUT2D eigenvalue weighted by Gasteiger charge is 2.49. The number of nitrogens with two attached hydrogens (primary N) is 1. The molecule has 4 rings (SSSR count). The summed E-state index contributed by atoms with van der Waals surface area (Å²) in [5, 5.41) is 25.9. The number of piperazine rings is 1. The van der Waals surface area contributed by atoms with Gasteiger partial charge in [0.15, 0.2) is 0 Å². The van der Waals surface area contributed by atoms with Gasteiger partial charge in [-0.2, -0.15) is 5.26 Å². The van der Waals surface area contributed by atoms with E-state index >= 15 is 0 Å². The number of nitrogens with zero attached hydrogens (tertiary/aromatic N) is 3. The number of anilines is 1. The number of aliphatic hydroxyl groups is 1. The lowest BCUT2D eigenvalue weighted by Crippen LogP contribution is -2.58. The van der Waals surface area contributed by atoms with Crippen LogP contribution in [-0.4, -0.2) is 58.6 Å². The Kier molecular flexibility index (Phi) is 6.83. The summed E-state index contributed by atoms with van der Waals surface area (Å²) in [5.41, 5.74) is 1.32. The van der Waals surface area contributed by atoms with Gasteiger partial charge in [0.25, 0.3) is 5.91 Å². The van der Waals surface area contributed by atoms with Gasteiger partial charge in [0.2, 0.25) is 11.8 Å². The van der Waals surface area contributed by atoms with Gasteiger partial charge in [-0.15, -0.1) is 0 Å². The Morgan fingerprint density at radius 2 is 2.09 bits per heavy atom. The highest BCUT2D eigenvalue weighted by Crippen LogP contribution is 2.45. The summed E-state index contributed by atoms with van der Waals surface area (Å²) in [6.07, 6.45) is 4.75. The monoisotopic (exact) mass is 480 g/mol. The van der Waals surface area contributed by atoms with Gasteiger partial charge in [-0.1, -0.05) is 13.0 Å². The number of benzene rings is 1. The molecule has 2 saturated carbocycles. The van der Waals surface area contributed by atoms with Crippen LogP contribution in [0.15, 0.2) is 30.0 Å². The Hall–Kier alpha value is -3.42. The minimum Gasteiger partial charge on any atom is -0.395 e. The van der Waals surface area contributed by atoms with Crippen molar-refractivity contribution in [2.24, 2.45) is 17.2 Å². The molecule has 1 aromatic carbocycles. The Bertz CT molecular complexity index is 1100. The first-order valence-corrected chi connectivity index (χ1v) is 12.0. The van der Waals surface area contributed by atoms with Gasteiger partial charge in [-0.3, -0.25) is 14.4 Å². The predicted molar refractivity (Wildman–Crippen MR) is 128 cm³/mol. The molecule has 3 amide bonds. The second-order valence-corrected chi connectivity index (χ2v) is 9.90. The van der Waals surface area contributed by atoms with Crippen molar-refractivity contribution in [3.8, 4) is 6.07 Å². The first kappa shape index (κ1) is 24.7. The summed E-state index contributed by atoms with van der Waals surface area (Å²) in [6.45, 7) is 3.95. The van der Waals surface area contributed by atoms with Gasteiger partial charge >= 0.3 is 0 Å². The molecule has 3 fully saturated rings. The van der Waals surface area contributed by atoms with Gasteiger partial charge in [0, 0.05) is 24.1 Å². The van der Waals surface area contributed by atoms with E-state index in [2.05, 4.69) is 16.7 Å². The van der Waals surface area contributed by atoms with E-state index < -0.39 is 5.41 Å². The number of carbonyl (C=O) groups is 3. The lowest BCUT2D eigenvalue weighted by atomic mass is 9.95. The number of nitrogens with one attached hydrogen (secondary N) is 2. The molecule has 2 atom stereocenters.